The van der Waals surface area contributed by atoms with Gasteiger partial charge < -0.3 is 15.6 Å². The van der Waals surface area contributed by atoms with Crippen LogP contribution >= 0.6 is 0 Å². The molecule has 0 amide bonds. The van der Waals surface area contributed by atoms with Gasteiger partial charge in [0.15, 0.2) is 0 Å². The third-order valence-corrected chi connectivity index (χ3v) is 2.63. The molecular weight excluding hydrogens is 178 g/mol. The zero-order valence-corrected chi connectivity index (χ0v) is 8.07. The van der Waals surface area contributed by atoms with Gasteiger partial charge in [0.2, 0.25) is 0 Å². The van der Waals surface area contributed by atoms with Crippen LogP contribution in [0.25, 0.3) is 0 Å². The molecule has 1 heterocycles. The van der Waals surface area contributed by atoms with Crippen LogP contribution in [0.3, 0.4) is 0 Å². The second-order valence-electron chi connectivity index (χ2n) is 3.62. The minimum atomic E-state index is -0.261. The van der Waals surface area contributed by atoms with E-state index in [1.807, 2.05) is 12.1 Å². The van der Waals surface area contributed by atoms with Gasteiger partial charge in [-0.25, -0.2) is 0 Å². The first-order chi connectivity index (χ1) is 6.81. The van der Waals surface area contributed by atoms with Crippen molar-refractivity contribution in [1.29, 1.82) is 0 Å². The normalized spacial score (nSPS) is 17.6. The van der Waals surface area contributed by atoms with Crippen molar-refractivity contribution in [3.8, 4) is 0 Å². The van der Waals surface area contributed by atoms with Crippen molar-refractivity contribution in [3.05, 3.63) is 34.9 Å². The van der Waals surface area contributed by atoms with E-state index in [0.717, 1.165) is 18.6 Å². The predicted molar refractivity (Wildman–Crippen MR) is 53.8 cm³/mol. The number of rotatable bonds is 2. The minimum Gasteiger partial charge on any atom is -0.394 e. The molecule has 0 radical (unpaired) electrons. The number of aliphatic hydroxyl groups excluding tert-OH is 1. The standard InChI is InChI=1S/C11H15NO2/c12-11(6-13)9-1-2-10-7-14-4-3-8(10)5-9/h1-2,5,11,13H,3-4,6-7,12H2/t11-/m1/s1. The Bertz CT molecular complexity index is 325. The molecule has 0 saturated carbocycles. The summed E-state index contributed by atoms with van der Waals surface area (Å²) in [5.74, 6) is 0. The molecule has 0 unspecified atom stereocenters. The molecule has 0 aromatic heterocycles. The van der Waals surface area contributed by atoms with Crippen molar-refractivity contribution in [2.24, 2.45) is 5.73 Å². The molecule has 76 valence electrons. The van der Waals surface area contributed by atoms with Crippen molar-refractivity contribution in [2.45, 2.75) is 19.1 Å². The van der Waals surface area contributed by atoms with Gasteiger partial charge in [0.05, 0.1) is 25.9 Å². The van der Waals surface area contributed by atoms with Gasteiger partial charge >= 0.3 is 0 Å². The molecule has 0 fully saturated rings. The van der Waals surface area contributed by atoms with Crippen molar-refractivity contribution in [2.75, 3.05) is 13.2 Å². The van der Waals surface area contributed by atoms with Crippen LogP contribution in [-0.2, 0) is 17.8 Å². The maximum atomic E-state index is 8.94. The summed E-state index contributed by atoms with van der Waals surface area (Å²) < 4.78 is 5.34. The summed E-state index contributed by atoms with van der Waals surface area (Å²) in [6, 6.07) is 5.83. The summed E-state index contributed by atoms with van der Waals surface area (Å²) in [5.41, 5.74) is 9.30. The lowest BCUT2D eigenvalue weighted by Gasteiger charge is -2.18. The van der Waals surface area contributed by atoms with Gasteiger partial charge in [-0.3, -0.25) is 0 Å². The minimum absolute atomic E-state index is 0.00468. The highest BCUT2D eigenvalue weighted by molar-refractivity contribution is 5.34. The van der Waals surface area contributed by atoms with Crippen LogP contribution in [0.1, 0.15) is 22.7 Å². The third kappa shape index (κ3) is 1.80. The van der Waals surface area contributed by atoms with Gasteiger partial charge in [-0.2, -0.15) is 0 Å². The molecule has 0 aliphatic carbocycles. The highest BCUT2D eigenvalue weighted by atomic mass is 16.5. The monoisotopic (exact) mass is 193 g/mol. The lowest BCUT2D eigenvalue weighted by molar-refractivity contribution is 0.110. The first kappa shape index (κ1) is 9.65. The number of nitrogens with two attached hydrogens (primary N) is 1. The lowest BCUT2D eigenvalue weighted by Crippen LogP contribution is -2.16. The molecule has 1 aromatic carbocycles. The molecule has 0 saturated heterocycles. The average molecular weight is 193 g/mol. The van der Waals surface area contributed by atoms with Crippen LogP contribution in [0.15, 0.2) is 18.2 Å². The Morgan fingerprint density at radius 3 is 3.07 bits per heavy atom. The molecule has 14 heavy (non-hydrogen) atoms. The van der Waals surface area contributed by atoms with E-state index in [9.17, 15) is 0 Å². The number of aliphatic hydroxyl groups is 1. The Labute approximate surface area is 83.5 Å². The SMILES string of the molecule is N[C@H](CO)c1ccc2c(c1)CCOC2. The van der Waals surface area contributed by atoms with Crippen molar-refractivity contribution in [3.63, 3.8) is 0 Å². The van der Waals surface area contributed by atoms with Gasteiger partial charge in [-0.15, -0.1) is 0 Å². The van der Waals surface area contributed by atoms with Crippen LogP contribution in [0.4, 0.5) is 0 Å². The molecule has 1 aromatic rings. The summed E-state index contributed by atoms with van der Waals surface area (Å²) in [6.45, 7) is 1.48. The number of hydrogen-bond acceptors (Lipinski definition) is 3. The van der Waals surface area contributed by atoms with E-state index in [0.29, 0.717) is 6.61 Å². The number of fused-ring (bicyclic) bond motifs is 1. The number of ether oxygens (including phenoxy) is 1. The average Bonchev–Trinajstić information content (AvgIpc) is 2.27. The molecule has 1 aliphatic heterocycles. The summed E-state index contributed by atoms with van der Waals surface area (Å²) >= 11 is 0. The Hall–Kier alpha value is -0.900. The Morgan fingerprint density at radius 1 is 1.43 bits per heavy atom. The highest BCUT2D eigenvalue weighted by Gasteiger charge is 2.12. The van der Waals surface area contributed by atoms with Crippen molar-refractivity contribution in [1.82, 2.24) is 0 Å². The zero-order valence-electron chi connectivity index (χ0n) is 8.07. The largest absolute Gasteiger partial charge is 0.394 e. The highest BCUT2D eigenvalue weighted by Crippen LogP contribution is 2.20. The van der Waals surface area contributed by atoms with Gasteiger partial charge in [-0.1, -0.05) is 18.2 Å². The molecule has 3 heteroatoms. The molecule has 0 spiro atoms. The van der Waals surface area contributed by atoms with Gasteiger partial charge in [0, 0.05) is 0 Å². The lowest BCUT2D eigenvalue weighted by atomic mass is 9.97. The van der Waals surface area contributed by atoms with Crippen molar-refractivity contribution < 1.29 is 9.84 Å². The maximum Gasteiger partial charge on any atom is 0.0719 e. The zero-order chi connectivity index (χ0) is 9.97. The fourth-order valence-electron chi connectivity index (χ4n) is 1.72. The van der Waals surface area contributed by atoms with E-state index < -0.39 is 0 Å². The van der Waals surface area contributed by atoms with Crippen LogP contribution < -0.4 is 5.73 Å². The van der Waals surface area contributed by atoms with E-state index in [4.69, 9.17) is 15.6 Å². The molecule has 3 nitrogen and oxygen atoms in total. The Morgan fingerprint density at radius 2 is 2.29 bits per heavy atom. The van der Waals surface area contributed by atoms with Crippen LogP contribution in [0, 0.1) is 0 Å². The quantitative estimate of drug-likeness (QED) is 0.728. The predicted octanol–water partition coefficient (Wildman–Crippen LogP) is 0.751. The van der Waals surface area contributed by atoms with E-state index in [2.05, 4.69) is 6.07 Å². The van der Waals surface area contributed by atoms with Crippen molar-refractivity contribution >= 4 is 0 Å². The van der Waals surface area contributed by atoms with Gasteiger partial charge in [-0.05, 0) is 23.1 Å². The first-order valence-electron chi connectivity index (χ1n) is 4.87. The molecule has 1 atom stereocenters. The second-order valence-corrected chi connectivity index (χ2v) is 3.62. The second kappa shape index (κ2) is 4.09. The fourth-order valence-corrected chi connectivity index (χ4v) is 1.72. The maximum absolute atomic E-state index is 8.94. The Kier molecular flexibility index (Phi) is 2.82. The summed E-state index contributed by atoms with van der Waals surface area (Å²) in [5, 5.41) is 8.94. The van der Waals surface area contributed by atoms with Crippen LogP contribution in [0.2, 0.25) is 0 Å². The number of hydrogen-bond donors (Lipinski definition) is 2. The third-order valence-electron chi connectivity index (χ3n) is 2.63. The van der Waals surface area contributed by atoms with Gasteiger partial charge in [0.1, 0.15) is 0 Å². The van der Waals surface area contributed by atoms with E-state index in [-0.39, 0.29) is 12.6 Å². The number of benzene rings is 1. The van der Waals surface area contributed by atoms with Gasteiger partial charge in [0.25, 0.3) is 0 Å². The summed E-state index contributed by atoms with van der Waals surface area (Å²) in [6.07, 6.45) is 0.946. The topological polar surface area (TPSA) is 55.5 Å². The van der Waals surface area contributed by atoms with Crippen LogP contribution in [-0.4, -0.2) is 18.3 Å². The summed E-state index contributed by atoms with van der Waals surface area (Å²) in [7, 11) is 0. The van der Waals surface area contributed by atoms with E-state index >= 15 is 0 Å². The molecule has 2 rings (SSSR count). The first-order valence-corrected chi connectivity index (χ1v) is 4.87. The molecule has 0 bridgehead atoms. The molecule has 3 N–H and O–H groups in total. The Balaban J connectivity index is 2.29. The molecular formula is C11H15NO2. The molecule has 1 aliphatic rings. The summed E-state index contributed by atoms with van der Waals surface area (Å²) in [4.78, 5) is 0. The smallest absolute Gasteiger partial charge is 0.0719 e. The van der Waals surface area contributed by atoms with E-state index in [1.165, 1.54) is 11.1 Å². The van der Waals surface area contributed by atoms with E-state index in [1.54, 1.807) is 0 Å². The fraction of sp³-hybridized carbons (Fsp3) is 0.455. The van der Waals surface area contributed by atoms with Crippen LogP contribution in [0.5, 0.6) is 0 Å².